The number of nitrogens with one attached hydrogen (secondary N) is 1. The van der Waals surface area contributed by atoms with E-state index in [4.69, 9.17) is 5.11 Å². The number of aromatic carboxylic acids is 1. The zero-order valence-corrected chi connectivity index (χ0v) is 16.1. The van der Waals surface area contributed by atoms with Crippen LogP contribution in [0.5, 0.6) is 0 Å². The average molecular weight is 435 g/mol. The van der Waals surface area contributed by atoms with Crippen molar-refractivity contribution in [2.45, 2.75) is 25.7 Å². The summed E-state index contributed by atoms with van der Waals surface area (Å²) in [6.45, 7) is 0.383. The van der Waals surface area contributed by atoms with Gasteiger partial charge in [-0.2, -0.15) is 0 Å². The van der Waals surface area contributed by atoms with Gasteiger partial charge in [0.05, 0.1) is 10.0 Å². The summed E-state index contributed by atoms with van der Waals surface area (Å²) in [5.41, 5.74) is 0.733. The lowest BCUT2D eigenvalue weighted by Gasteiger charge is -2.30. The summed E-state index contributed by atoms with van der Waals surface area (Å²) in [5, 5.41) is 11.7. The predicted molar refractivity (Wildman–Crippen MR) is 101 cm³/mol. The third-order valence-corrected chi connectivity index (χ3v) is 5.59. The molecule has 7 nitrogen and oxygen atoms in total. The Kier molecular flexibility index (Phi) is 5.74. The highest BCUT2D eigenvalue weighted by Gasteiger charge is 2.34. The number of carbonyl (C=O) groups is 4. The van der Waals surface area contributed by atoms with Gasteiger partial charge in [0.1, 0.15) is 0 Å². The Hall–Kier alpha value is -2.48. The zero-order chi connectivity index (χ0) is 19.6. The molecule has 1 heterocycles. The van der Waals surface area contributed by atoms with Gasteiger partial charge in [-0.25, -0.2) is 4.79 Å². The van der Waals surface area contributed by atoms with Gasteiger partial charge in [0.2, 0.25) is 5.91 Å². The minimum atomic E-state index is -1.01. The van der Waals surface area contributed by atoms with Crippen LogP contribution < -0.4 is 5.32 Å². The maximum atomic E-state index is 12.4. The maximum absolute atomic E-state index is 12.4. The lowest BCUT2D eigenvalue weighted by molar-refractivity contribution is -0.138. The molecule has 1 aliphatic carbocycles. The third kappa shape index (κ3) is 4.44. The molecule has 1 fully saturated rings. The van der Waals surface area contributed by atoms with E-state index in [2.05, 4.69) is 21.2 Å². The number of hydrogen-bond acceptors (Lipinski definition) is 4. The van der Waals surface area contributed by atoms with E-state index in [1.165, 1.54) is 23.1 Å². The Morgan fingerprint density at radius 3 is 2.26 bits per heavy atom. The number of halogens is 1. The Bertz CT molecular complexity index is 810. The van der Waals surface area contributed by atoms with E-state index < -0.39 is 5.97 Å². The van der Waals surface area contributed by atoms with Crippen LogP contribution in [0.3, 0.4) is 0 Å². The molecule has 0 spiro atoms. The van der Waals surface area contributed by atoms with Crippen molar-refractivity contribution < 1.29 is 24.3 Å². The van der Waals surface area contributed by atoms with Crippen LogP contribution >= 0.6 is 15.9 Å². The largest absolute Gasteiger partial charge is 0.478 e. The van der Waals surface area contributed by atoms with Crippen LogP contribution in [0.4, 0.5) is 5.69 Å². The summed E-state index contributed by atoms with van der Waals surface area (Å²) in [4.78, 5) is 48.3. The summed E-state index contributed by atoms with van der Waals surface area (Å²) in [6, 6.07) is 6.04. The van der Waals surface area contributed by atoms with Crippen LogP contribution in [0.25, 0.3) is 0 Å². The molecule has 0 atom stereocenters. The minimum absolute atomic E-state index is 0.0886. The second-order valence-corrected chi connectivity index (χ2v) is 7.69. The SMILES string of the molecule is O=C(O)c1ccc(NC(=O)C2CCC(CN3C(=O)C=C(Br)C3=O)CC2)cc1. The van der Waals surface area contributed by atoms with Crippen LogP contribution in [-0.4, -0.2) is 40.2 Å². The van der Waals surface area contributed by atoms with Crippen molar-refractivity contribution in [3.8, 4) is 0 Å². The molecule has 1 aromatic rings. The number of carboxylic acids is 1. The summed E-state index contributed by atoms with van der Waals surface area (Å²) < 4.78 is 0.287. The van der Waals surface area contributed by atoms with Gasteiger partial charge < -0.3 is 10.4 Å². The van der Waals surface area contributed by atoms with Crippen molar-refractivity contribution in [1.82, 2.24) is 4.90 Å². The van der Waals surface area contributed by atoms with Crippen molar-refractivity contribution in [2.75, 3.05) is 11.9 Å². The average Bonchev–Trinajstić information content (AvgIpc) is 2.89. The number of rotatable bonds is 5. The number of carboxylic acid groups (broad SMARTS) is 1. The fraction of sp³-hybridized carbons (Fsp3) is 0.368. The standard InChI is InChI=1S/C19H19BrN2O5/c20-15-9-16(23)22(18(15)25)10-11-1-3-12(4-2-11)17(24)21-14-7-5-13(6-8-14)19(26)27/h5-9,11-12H,1-4,10H2,(H,21,24)(H,26,27). The molecule has 27 heavy (non-hydrogen) atoms. The monoisotopic (exact) mass is 434 g/mol. The van der Waals surface area contributed by atoms with E-state index in [1.807, 2.05) is 0 Å². The number of amides is 3. The fourth-order valence-corrected chi connectivity index (χ4v) is 3.87. The number of anilines is 1. The van der Waals surface area contributed by atoms with Gasteiger partial charge in [-0.15, -0.1) is 0 Å². The Morgan fingerprint density at radius 2 is 1.74 bits per heavy atom. The summed E-state index contributed by atoms with van der Waals surface area (Å²) in [5.74, 6) is -1.63. The lowest BCUT2D eigenvalue weighted by atomic mass is 9.81. The lowest BCUT2D eigenvalue weighted by Crippen LogP contribution is -2.37. The van der Waals surface area contributed by atoms with Gasteiger partial charge in [-0.3, -0.25) is 19.3 Å². The molecule has 0 radical (unpaired) electrons. The van der Waals surface area contributed by atoms with Gasteiger partial charge in [0.15, 0.2) is 0 Å². The predicted octanol–water partition coefficient (Wildman–Crippen LogP) is 2.78. The highest BCUT2D eigenvalue weighted by atomic mass is 79.9. The van der Waals surface area contributed by atoms with E-state index >= 15 is 0 Å². The Labute approximate surface area is 164 Å². The number of imide groups is 1. The molecular formula is C19H19BrN2O5. The normalized spacial score (nSPS) is 22.6. The van der Waals surface area contributed by atoms with Crippen LogP contribution in [0.2, 0.25) is 0 Å². The van der Waals surface area contributed by atoms with Crippen molar-refractivity contribution >= 4 is 45.3 Å². The van der Waals surface area contributed by atoms with Crippen LogP contribution in [0, 0.1) is 11.8 Å². The molecule has 0 saturated heterocycles. The van der Waals surface area contributed by atoms with E-state index in [-0.39, 0.29) is 39.6 Å². The van der Waals surface area contributed by atoms with Gasteiger partial charge in [-0.1, -0.05) is 0 Å². The number of benzene rings is 1. The zero-order valence-electron chi connectivity index (χ0n) is 14.5. The van der Waals surface area contributed by atoms with E-state index in [9.17, 15) is 19.2 Å². The Balaban J connectivity index is 1.48. The highest BCUT2D eigenvalue weighted by Crippen LogP contribution is 2.31. The van der Waals surface area contributed by atoms with Crippen molar-refractivity contribution in [3.05, 3.63) is 40.4 Å². The van der Waals surface area contributed by atoms with Crippen LogP contribution in [0.15, 0.2) is 34.8 Å². The molecule has 2 aliphatic rings. The first-order chi connectivity index (χ1) is 12.8. The van der Waals surface area contributed by atoms with E-state index in [1.54, 1.807) is 12.1 Å². The molecule has 1 aliphatic heterocycles. The van der Waals surface area contributed by atoms with Crippen LogP contribution in [0.1, 0.15) is 36.0 Å². The van der Waals surface area contributed by atoms with Crippen molar-refractivity contribution in [1.29, 1.82) is 0 Å². The topological polar surface area (TPSA) is 104 Å². The number of nitrogens with zero attached hydrogens (tertiary/aromatic N) is 1. The number of hydrogen-bond donors (Lipinski definition) is 2. The van der Waals surface area contributed by atoms with Gasteiger partial charge in [0, 0.05) is 24.2 Å². The second kappa shape index (κ2) is 8.04. The first kappa shape index (κ1) is 19.3. The molecule has 0 bridgehead atoms. The molecule has 142 valence electrons. The molecule has 1 aromatic carbocycles. The summed E-state index contributed by atoms with van der Waals surface area (Å²) in [6.07, 6.45) is 4.20. The molecule has 8 heteroatoms. The molecule has 3 rings (SSSR count). The van der Waals surface area contributed by atoms with E-state index in [0.717, 1.165) is 12.8 Å². The van der Waals surface area contributed by atoms with Gasteiger partial charge in [-0.05, 0) is 71.8 Å². The quantitative estimate of drug-likeness (QED) is 0.693. The van der Waals surface area contributed by atoms with Gasteiger partial charge >= 0.3 is 5.97 Å². The molecule has 1 saturated carbocycles. The molecule has 0 unspecified atom stereocenters. The minimum Gasteiger partial charge on any atom is -0.478 e. The smallest absolute Gasteiger partial charge is 0.335 e. The Morgan fingerprint density at radius 1 is 1.11 bits per heavy atom. The molecule has 0 aromatic heterocycles. The van der Waals surface area contributed by atoms with Crippen molar-refractivity contribution in [3.63, 3.8) is 0 Å². The molecule has 3 amide bonds. The highest BCUT2D eigenvalue weighted by molar-refractivity contribution is 9.12. The van der Waals surface area contributed by atoms with Crippen molar-refractivity contribution in [2.24, 2.45) is 11.8 Å². The first-order valence-corrected chi connectivity index (χ1v) is 9.51. The summed E-state index contributed by atoms with van der Waals surface area (Å²) >= 11 is 3.09. The number of carbonyl (C=O) groups excluding carboxylic acids is 3. The molecule has 2 N–H and O–H groups in total. The van der Waals surface area contributed by atoms with Crippen LogP contribution in [-0.2, 0) is 14.4 Å². The second-order valence-electron chi connectivity index (χ2n) is 6.84. The fourth-order valence-electron chi connectivity index (χ4n) is 3.46. The summed E-state index contributed by atoms with van der Waals surface area (Å²) in [7, 11) is 0. The van der Waals surface area contributed by atoms with Gasteiger partial charge in [0.25, 0.3) is 11.8 Å². The maximum Gasteiger partial charge on any atom is 0.335 e. The third-order valence-electron chi connectivity index (χ3n) is 5.02. The molecular weight excluding hydrogens is 416 g/mol. The first-order valence-electron chi connectivity index (χ1n) is 8.72. The van der Waals surface area contributed by atoms with E-state index in [0.29, 0.717) is 25.1 Å².